The Hall–Kier alpha value is -2.68. The van der Waals surface area contributed by atoms with E-state index in [-0.39, 0.29) is 12.2 Å². The monoisotopic (exact) mass is 283 g/mol. The van der Waals surface area contributed by atoms with Gasteiger partial charge in [0.15, 0.2) is 6.10 Å². The van der Waals surface area contributed by atoms with E-state index in [1.807, 2.05) is 0 Å². The second-order valence-electron chi connectivity index (χ2n) is 3.70. The highest BCUT2D eigenvalue weighted by Gasteiger charge is 2.17. The summed E-state index contributed by atoms with van der Waals surface area (Å²) in [7, 11) is 1.22. The summed E-state index contributed by atoms with van der Waals surface area (Å²) in [5.41, 5.74) is 0.249. The van der Waals surface area contributed by atoms with E-state index in [4.69, 9.17) is 5.11 Å². The van der Waals surface area contributed by atoms with Crippen LogP contribution < -0.4 is 10.6 Å². The molecule has 2 amide bonds. The molecule has 9 heteroatoms. The number of non-ortho nitro benzene ring substituents is 1. The number of carbonyl (C=O) groups excluding carboxylic acids is 1. The minimum absolute atomic E-state index is 0.0960. The number of aliphatic carboxylic acids is 1. The molecule has 0 aromatic heterocycles. The van der Waals surface area contributed by atoms with Gasteiger partial charge < -0.3 is 20.5 Å². The number of carbonyl (C=O) groups is 2. The molecule has 1 aromatic rings. The van der Waals surface area contributed by atoms with Gasteiger partial charge in [-0.05, 0) is 12.1 Å². The highest BCUT2D eigenvalue weighted by molar-refractivity contribution is 5.89. The molecule has 0 saturated carbocycles. The molecule has 0 saturated heterocycles. The number of carboxylic acid groups (broad SMARTS) is 1. The van der Waals surface area contributed by atoms with E-state index in [2.05, 4.69) is 15.4 Å². The molecule has 0 heterocycles. The fraction of sp³-hybridized carbons (Fsp3) is 0.273. The van der Waals surface area contributed by atoms with Crippen molar-refractivity contribution >= 4 is 23.4 Å². The van der Waals surface area contributed by atoms with E-state index in [9.17, 15) is 19.7 Å². The van der Waals surface area contributed by atoms with Crippen molar-refractivity contribution < 1.29 is 24.4 Å². The van der Waals surface area contributed by atoms with Gasteiger partial charge in [-0.15, -0.1) is 0 Å². The van der Waals surface area contributed by atoms with E-state index in [0.29, 0.717) is 5.69 Å². The Labute approximate surface area is 113 Å². The molecule has 1 rings (SSSR count). The maximum Gasteiger partial charge on any atom is 0.334 e. The van der Waals surface area contributed by atoms with Crippen molar-refractivity contribution in [3.8, 4) is 0 Å². The lowest BCUT2D eigenvalue weighted by Crippen LogP contribution is -2.39. The molecule has 0 fully saturated rings. The molecule has 9 nitrogen and oxygen atoms in total. The van der Waals surface area contributed by atoms with Crippen molar-refractivity contribution in [2.24, 2.45) is 0 Å². The van der Waals surface area contributed by atoms with Crippen molar-refractivity contribution in [2.45, 2.75) is 6.10 Å². The predicted molar refractivity (Wildman–Crippen MR) is 68.6 cm³/mol. The Balaban J connectivity index is 2.50. The molecule has 0 bridgehead atoms. The molecule has 1 atom stereocenters. The maximum absolute atomic E-state index is 11.5. The van der Waals surface area contributed by atoms with Crippen LogP contribution in [0.2, 0.25) is 0 Å². The van der Waals surface area contributed by atoms with Crippen LogP contribution in [-0.2, 0) is 9.53 Å². The average molecular weight is 283 g/mol. The summed E-state index contributed by atoms with van der Waals surface area (Å²) in [6, 6.07) is 4.57. The van der Waals surface area contributed by atoms with Gasteiger partial charge >= 0.3 is 12.0 Å². The molecule has 1 aromatic carbocycles. The van der Waals surface area contributed by atoms with Crippen molar-refractivity contribution in [3.05, 3.63) is 34.4 Å². The van der Waals surface area contributed by atoms with Crippen LogP contribution in [0.5, 0.6) is 0 Å². The number of methoxy groups -OCH3 is 1. The normalized spacial score (nSPS) is 11.4. The van der Waals surface area contributed by atoms with Gasteiger partial charge in [0, 0.05) is 24.9 Å². The minimum Gasteiger partial charge on any atom is -0.479 e. The SMILES string of the molecule is COC(CNC(=O)Nc1ccc([N+](=O)[O-])cc1)C(=O)O. The van der Waals surface area contributed by atoms with Crippen LogP contribution in [0.1, 0.15) is 0 Å². The lowest BCUT2D eigenvalue weighted by molar-refractivity contribution is -0.384. The Bertz CT molecular complexity index is 501. The van der Waals surface area contributed by atoms with Gasteiger partial charge in [-0.1, -0.05) is 0 Å². The standard InChI is InChI=1S/C11H13N3O6/c1-20-9(10(15)16)6-12-11(17)13-7-2-4-8(5-3-7)14(18)19/h2-5,9H,6H2,1H3,(H,15,16)(H2,12,13,17). The molecule has 0 aliphatic rings. The van der Waals surface area contributed by atoms with Crippen molar-refractivity contribution in [1.82, 2.24) is 5.32 Å². The second-order valence-corrected chi connectivity index (χ2v) is 3.70. The summed E-state index contributed by atoms with van der Waals surface area (Å²) in [5, 5.41) is 23.9. The van der Waals surface area contributed by atoms with Crippen LogP contribution in [0.25, 0.3) is 0 Å². The van der Waals surface area contributed by atoms with Gasteiger partial charge in [-0.3, -0.25) is 10.1 Å². The van der Waals surface area contributed by atoms with E-state index in [1.165, 1.54) is 31.4 Å². The smallest absolute Gasteiger partial charge is 0.334 e. The number of nitro benzene ring substituents is 1. The molecule has 0 aliphatic carbocycles. The molecular formula is C11H13N3O6. The molecule has 20 heavy (non-hydrogen) atoms. The fourth-order valence-corrected chi connectivity index (χ4v) is 1.30. The van der Waals surface area contributed by atoms with Gasteiger partial charge in [0.1, 0.15) is 0 Å². The van der Waals surface area contributed by atoms with Crippen LogP contribution >= 0.6 is 0 Å². The number of anilines is 1. The average Bonchev–Trinajstić information content (AvgIpc) is 2.39. The van der Waals surface area contributed by atoms with Gasteiger partial charge in [0.25, 0.3) is 5.69 Å². The summed E-state index contributed by atoms with van der Waals surface area (Å²) in [4.78, 5) is 32.0. The van der Waals surface area contributed by atoms with Crippen LogP contribution in [0.15, 0.2) is 24.3 Å². The van der Waals surface area contributed by atoms with Crippen molar-refractivity contribution in [2.75, 3.05) is 19.0 Å². The summed E-state index contributed by atoms with van der Waals surface area (Å²) >= 11 is 0. The van der Waals surface area contributed by atoms with Crippen LogP contribution in [-0.4, -0.2) is 41.8 Å². The van der Waals surface area contributed by atoms with Crippen LogP contribution in [0.3, 0.4) is 0 Å². The number of ether oxygens (including phenoxy) is 1. The van der Waals surface area contributed by atoms with E-state index >= 15 is 0 Å². The third kappa shape index (κ3) is 4.53. The highest BCUT2D eigenvalue weighted by atomic mass is 16.6. The number of rotatable bonds is 6. The third-order valence-corrected chi connectivity index (χ3v) is 2.34. The van der Waals surface area contributed by atoms with Gasteiger partial charge in [-0.2, -0.15) is 0 Å². The Kier molecular flexibility index (Phi) is 5.42. The van der Waals surface area contributed by atoms with Crippen molar-refractivity contribution in [3.63, 3.8) is 0 Å². The first-order valence-corrected chi connectivity index (χ1v) is 5.49. The van der Waals surface area contributed by atoms with Gasteiger partial charge in [-0.25, -0.2) is 9.59 Å². The Morgan fingerprint density at radius 1 is 1.40 bits per heavy atom. The summed E-state index contributed by atoms with van der Waals surface area (Å²) in [6.07, 6.45) is -1.14. The molecule has 0 aliphatic heterocycles. The van der Waals surface area contributed by atoms with Gasteiger partial charge in [0.2, 0.25) is 0 Å². The zero-order chi connectivity index (χ0) is 15.1. The molecule has 1 unspecified atom stereocenters. The zero-order valence-electron chi connectivity index (χ0n) is 10.5. The Morgan fingerprint density at radius 2 is 2.00 bits per heavy atom. The highest BCUT2D eigenvalue weighted by Crippen LogP contribution is 2.15. The fourth-order valence-electron chi connectivity index (χ4n) is 1.30. The summed E-state index contributed by atoms with van der Waals surface area (Å²) < 4.78 is 4.64. The maximum atomic E-state index is 11.5. The first-order chi connectivity index (χ1) is 9.43. The lowest BCUT2D eigenvalue weighted by atomic mass is 10.3. The molecular weight excluding hydrogens is 270 g/mol. The number of hydrogen-bond acceptors (Lipinski definition) is 5. The number of carboxylic acids is 1. The number of benzene rings is 1. The van der Waals surface area contributed by atoms with Gasteiger partial charge in [0.05, 0.1) is 11.5 Å². The molecule has 0 radical (unpaired) electrons. The topological polar surface area (TPSA) is 131 Å². The van der Waals surface area contributed by atoms with Crippen LogP contribution in [0, 0.1) is 10.1 Å². The number of nitrogens with one attached hydrogen (secondary N) is 2. The number of hydrogen-bond donors (Lipinski definition) is 3. The largest absolute Gasteiger partial charge is 0.479 e. The van der Waals surface area contributed by atoms with E-state index < -0.39 is 23.0 Å². The number of nitrogens with zero attached hydrogens (tertiary/aromatic N) is 1. The summed E-state index contributed by atoms with van der Waals surface area (Å²) in [6.45, 7) is -0.204. The zero-order valence-corrected chi connectivity index (χ0v) is 10.5. The molecule has 3 N–H and O–H groups in total. The number of amides is 2. The quantitative estimate of drug-likeness (QED) is 0.523. The number of urea groups is 1. The second kappa shape index (κ2) is 7.04. The lowest BCUT2D eigenvalue weighted by Gasteiger charge is -2.12. The third-order valence-electron chi connectivity index (χ3n) is 2.34. The first kappa shape index (κ1) is 15.4. The minimum atomic E-state index is -1.19. The first-order valence-electron chi connectivity index (χ1n) is 5.49. The molecule has 0 spiro atoms. The van der Waals surface area contributed by atoms with E-state index in [1.54, 1.807) is 0 Å². The van der Waals surface area contributed by atoms with Crippen molar-refractivity contribution in [1.29, 1.82) is 0 Å². The van der Waals surface area contributed by atoms with E-state index in [0.717, 1.165) is 0 Å². The summed E-state index contributed by atoms with van der Waals surface area (Å²) in [5.74, 6) is -1.19. The molecule has 108 valence electrons. The predicted octanol–water partition coefficient (Wildman–Crippen LogP) is 0.816. The van der Waals surface area contributed by atoms with Crippen LogP contribution in [0.4, 0.5) is 16.2 Å². The number of nitro groups is 1. The Morgan fingerprint density at radius 3 is 2.45 bits per heavy atom.